The molecule has 0 fully saturated rings. The topological polar surface area (TPSA) is 81.2 Å². The number of halogens is 1. The fourth-order valence-electron chi connectivity index (χ4n) is 1.50. The van der Waals surface area contributed by atoms with Crippen LogP contribution in [0.2, 0.25) is 5.02 Å². The zero-order chi connectivity index (χ0) is 13.0. The fraction of sp³-hybridized carbons (Fsp3) is 0.167. The van der Waals surface area contributed by atoms with Gasteiger partial charge in [0.1, 0.15) is 6.26 Å². The molecule has 0 aliphatic carbocycles. The number of aromatic nitrogens is 1. The van der Waals surface area contributed by atoms with E-state index in [0.29, 0.717) is 23.7 Å². The van der Waals surface area contributed by atoms with Gasteiger partial charge in [-0.1, -0.05) is 22.8 Å². The number of amides is 1. The van der Waals surface area contributed by atoms with Crippen molar-refractivity contribution < 1.29 is 9.32 Å². The van der Waals surface area contributed by atoms with Crippen LogP contribution >= 0.6 is 11.6 Å². The standard InChI is InChI=1S/C12H12ClN3O2/c13-11-5-8(12(14)17)1-2-9(11)6-15-7-10-3-4-18-16-10/h1-5,15H,6-7H2,(H2,14,17). The number of carbonyl (C=O) groups is 1. The minimum Gasteiger partial charge on any atom is -0.366 e. The summed E-state index contributed by atoms with van der Waals surface area (Å²) in [7, 11) is 0. The molecule has 0 radical (unpaired) electrons. The summed E-state index contributed by atoms with van der Waals surface area (Å²) < 4.78 is 4.72. The number of nitrogens with one attached hydrogen (secondary N) is 1. The van der Waals surface area contributed by atoms with Gasteiger partial charge in [-0.2, -0.15) is 0 Å². The quantitative estimate of drug-likeness (QED) is 0.862. The van der Waals surface area contributed by atoms with Crippen LogP contribution < -0.4 is 11.1 Å². The van der Waals surface area contributed by atoms with Crippen LogP contribution in [0.25, 0.3) is 0 Å². The molecule has 2 aromatic rings. The van der Waals surface area contributed by atoms with Gasteiger partial charge < -0.3 is 15.6 Å². The lowest BCUT2D eigenvalue weighted by Gasteiger charge is -2.06. The summed E-state index contributed by atoms with van der Waals surface area (Å²) in [4.78, 5) is 11.0. The van der Waals surface area contributed by atoms with Crippen molar-refractivity contribution in [3.05, 3.63) is 52.4 Å². The Morgan fingerprint density at radius 2 is 2.22 bits per heavy atom. The zero-order valence-electron chi connectivity index (χ0n) is 9.52. The Kier molecular flexibility index (Phi) is 3.96. The Bertz CT molecular complexity index is 540. The van der Waals surface area contributed by atoms with E-state index in [1.165, 1.54) is 6.26 Å². The van der Waals surface area contributed by atoms with Crippen molar-refractivity contribution in [3.8, 4) is 0 Å². The summed E-state index contributed by atoms with van der Waals surface area (Å²) in [5, 5.41) is 7.46. The Hall–Kier alpha value is -1.85. The molecule has 18 heavy (non-hydrogen) atoms. The van der Waals surface area contributed by atoms with Crippen LogP contribution in [0, 0.1) is 0 Å². The fourth-order valence-corrected chi connectivity index (χ4v) is 1.75. The van der Waals surface area contributed by atoms with E-state index >= 15 is 0 Å². The lowest BCUT2D eigenvalue weighted by atomic mass is 10.1. The summed E-state index contributed by atoms with van der Waals surface area (Å²) in [6.07, 6.45) is 1.52. The molecule has 3 N–H and O–H groups in total. The molecular weight excluding hydrogens is 254 g/mol. The molecule has 1 amide bonds. The van der Waals surface area contributed by atoms with Crippen molar-refractivity contribution in [2.24, 2.45) is 5.73 Å². The first-order chi connectivity index (χ1) is 8.66. The van der Waals surface area contributed by atoms with Crippen LogP contribution in [0.5, 0.6) is 0 Å². The molecule has 5 nitrogen and oxygen atoms in total. The van der Waals surface area contributed by atoms with Crippen molar-refractivity contribution in [2.45, 2.75) is 13.1 Å². The van der Waals surface area contributed by atoms with E-state index in [1.807, 2.05) is 0 Å². The van der Waals surface area contributed by atoms with E-state index in [4.69, 9.17) is 21.9 Å². The normalized spacial score (nSPS) is 10.5. The van der Waals surface area contributed by atoms with Crippen LogP contribution in [0.4, 0.5) is 0 Å². The van der Waals surface area contributed by atoms with Gasteiger partial charge in [-0.3, -0.25) is 4.79 Å². The molecule has 0 aliphatic heterocycles. The number of benzene rings is 1. The van der Waals surface area contributed by atoms with Crippen LogP contribution in [0.3, 0.4) is 0 Å². The third-order valence-electron chi connectivity index (χ3n) is 2.45. The van der Waals surface area contributed by atoms with Crippen molar-refractivity contribution >= 4 is 17.5 Å². The molecule has 94 valence electrons. The predicted molar refractivity (Wildman–Crippen MR) is 67.0 cm³/mol. The maximum Gasteiger partial charge on any atom is 0.248 e. The van der Waals surface area contributed by atoms with Gasteiger partial charge in [0.05, 0.1) is 5.69 Å². The summed E-state index contributed by atoms with van der Waals surface area (Å²) in [5.41, 5.74) is 7.28. The highest BCUT2D eigenvalue weighted by molar-refractivity contribution is 6.31. The van der Waals surface area contributed by atoms with Crippen LogP contribution in [-0.2, 0) is 13.1 Å². The molecule has 0 spiro atoms. The molecule has 0 bridgehead atoms. The first-order valence-electron chi connectivity index (χ1n) is 5.35. The number of hydrogen-bond acceptors (Lipinski definition) is 4. The second-order valence-corrected chi connectivity index (χ2v) is 4.17. The molecule has 2 rings (SSSR count). The van der Waals surface area contributed by atoms with Crippen molar-refractivity contribution in [3.63, 3.8) is 0 Å². The molecule has 1 heterocycles. The highest BCUT2D eigenvalue weighted by atomic mass is 35.5. The Labute approximate surface area is 109 Å². The summed E-state index contributed by atoms with van der Waals surface area (Å²) in [5.74, 6) is -0.487. The van der Waals surface area contributed by atoms with Crippen molar-refractivity contribution in [2.75, 3.05) is 0 Å². The Balaban J connectivity index is 1.95. The van der Waals surface area contributed by atoms with Gasteiger partial charge in [-0.15, -0.1) is 0 Å². The van der Waals surface area contributed by atoms with E-state index in [9.17, 15) is 4.79 Å². The first-order valence-corrected chi connectivity index (χ1v) is 5.73. The van der Waals surface area contributed by atoms with Crippen molar-refractivity contribution in [1.29, 1.82) is 0 Å². The smallest absolute Gasteiger partial charge is 0.248 e. The van der Waals surface area contributed by atoms with E-state index in [-0.39, 0.29) is 0 Å². The lowest BCUT2D eigenvalue weighted by molar-refractivity contribution is 0.100. The van der Waals surface area contributed by atoms with E-state index in [1.54, 1.807) is 24.3 Å². The van der Waals surface area contributed by atoms with E-state index in [2.05, 4.69) is 10.5 Å². The average Bonchev–Trinajstić information content (AvgIpc) is 2.84. The first kappa shape index (κ1) is 12.6. The third-order valence-corrected chi connectivity index (χ3v) is 2.80. The second-order valence-electron chi connectivity index (χ2n) is 3.76. The molecule has 0 unspecified atom stereocenters. The maximum absolute atomic E-state index is 11.0. The van der Waals surface area contributed by atoms with Gasteiger partial charge in [0.15, 0.2) is 0 Å². The Morgan fingerprint density at radius 1 is 1.39 bits per heavy atom. The van der Waals surface area contributed by atoms with Gasteiger partial charge >= 0.3 is 0 Å². The number of nitrogens with two attached hydrogens (primary N) is 1. The minimum atomic E-state index is -0.487. The van der Waals surface area contributed by atoms with Crippen LogP contribution in [-0.4, -0.2) is 11.1 Å². The SMILES string of the molecule is NC(=O)c1ccc(CNCc2ccon2)c(Cl)c1. The highest BCUT2D eigenvalue weighted by Crippen LogP contribution is 2.17. The number of nitrogens with zero attached hydrogens (tertiary/aromatic N) is 1. The number of carbonyl (C=O) groups excluding carboxylic acids is 1. The minimum absolute atomic E-state index is 0.403. The lowest BCUT2D eigenvalue weighted by Crippen LogP contribution is -2.14. The third kappa shape index (κ3) is 3.09. The molecule has 1 aromatic heterocycles. The number of rotatable bonds is 5. The van der Waals surface area contributed by atoms with Crippen LogP contribution in [0.15, 0.2) is 35.1 Å². The van der Waals surface area contributed by atoms with Gasteiger partial charge in [0, 0.05) is 29.7 Å². The summed E-state index contributed by atoms with van der Waals surface area (Å²) in [6.45, 7) is 1.16. The van der Waals surface area contributed by atoms with Crippen LogP contribution in [0.1, 0.15) is 21.6 Å². The Morgan fingerprint density at radius 3 is 2.83 bits per heavy atom. The molecular formula is C12H12ClN3O2. The van der Waals surface area contributed by atoms with E-state index in [0.717, 1.165) is 11.3 Å². The summed E-state index contributed by atoms with van der Waals surface area (Å²) >= 11 is 6.05. The molecule has 0 aliphatic rings. The van der Waals surface area contributed by atoms with Gasteiger partial charge in [-0.25, -0.2) is 0 Å². The van der Waals surface area contributed by atoms with Crippen molar-refractivity contribution in [1.82, 2.24) is 10.5 Å². The summed E-state index contributed by atoms with van der Waals surface area (Å²) in [6, 6.07) is 6.78. The predicted octanol–water partition coefficient (Wildman–Crippen LogP) is 1.72. The molecule has 0 saturated heterocycles. The van der Waals surface area contributed by atoms with E-state index < -0.39 is 5.91 Å². The monoisotopic (exact) mass is 265 g/mol. The van der Waals surface area contributed by atoms with Gasteiger partial charge in [-0.05, 0) is 17.7 Å². The van der Waals surface area contributed by atoms with Gasteiger partial charge in [0.2, 0.25) is 5.91 Å². The molecule has 1 aromatic carbocycles. The average molecular weight is 266 g/mol. The second kappa shape index (κ2) is 5.66. The van der Waals surface area contributed by atoms with Gasteiger partial charge in [0.25, 0.3) is 0 Å². The molecule has 0 saturated carbocycles. The molecule has 0 atom stereocenters. The maximum atomic E-state index is 11.0. The number of primary amides is 1. The largest absolute Gasteiger partial charge is 0.366 e. The highest BCUT2D eigenvalue weighted by Gasteiger charge is 2.05. The zero-order valence-corrected chi connectivity index (χ0v) is 10.3. The molecule has 6 heteroatoms. The number of hydrogen-bond donors (Lipinski definition) is 2.